The first-order chi connectivity index (χ1) is 16.5. The highest BCUT2D eigenvalue weighted by molar-refractivity contribution is 7.54. The largest absolute Gasteiger partial charge is 0.345 e. The fourth-order valence-electron chi connectivity index (χ4n) is 6.23. The molecule has 1 aromatic carbocycles. The maximum Gasteiger partial charge on any atom is 0.345 e. The van der Waals surface area contributed by atoms with Crippen LogP contribution in [0.2, 0.25) is 0 Å². The lowest BCUT2D eigenvalue weighted by Crippen LogP contribution is -2.37. The van der Waals surface area contributed by atoms with E-state index in [-0.39, 0.29) is 29.0 Å². The first kappa shape index (κ1) is 28.3. The van der Waals surface area contributed by atoms with Crippen molar-refractivity contribution in [1.82, 2.24) is 0 Å². The van der Waals surface area contributed by atoms with Gasteiger partial charge in [0.25, 0.3) is 0 Å². The number of nitro groups is 1. The van der Waals surface area contributed by atoms with E-state index < -0.39 is 19.8 Å². The van der Waals surface area contributed by atoms with Gasteiger partial charge in [-0.15, -0.1) is 0 Å². The Morgan fingerprint density at radius 3 is 1.74 bits per heavy atom. The Hall–Kier alpha value is -1.23. The van der Waals surface area contributed by atoms with Gasteiger partial charge in [-0.3, -0.25) is 14.7 Å². The molecule has 35 heavy (non-hydrogen) atoms. The molecule has 1 aromatic rings. The van der Waals surface area contributed by atoms with Gasteiger partial charge in [0, 0.05) is 4.92 Å². The maximum atomic E-state index is 15.0. The summed E-state index contributed by atoms with van der Waals surface area (Å²) in [6.45, 7) is 12.7. The second kappa shape index (κ2) is 12.3. The van der Waals surface area contributed by atoms with E-state index in [1.165, 1.54) is 0 Å². The van der Waals surface area contributed by atoms with Crippen LogP contribution in [0.1, 0.15) is 91.3 Å². The van der Waals surface area contributed by atoms with E-state index in [4.69, 9.17) is 9.05 Å². The molecular formula is C28H46NO5P. The second-order valence-electron chi connectivity index (χ2n) is 11.9. The third-order valence-corrected chi connectivity index (χ3v) is 10.7. The van der Waals surface area contributed by atoms with Crippen molar-refractivity contribution in [3.05, 3.63) is 46.0 Å². The number of nitrogens with zero attached hydrogens (tertiary/aromatic N) is 1. The quantitative estimate of drug-likeness (QED) is 0.181. The fourth-order valence-corrected chi connectivity index (χ4v) is 8.68. The van der Waals surface area contributed by atoms with E-state index in [1.54, 1.807) is 0 Å². The zero-order valence-corrected chi connectivity index (χ0v) is 23.4. The van der Waals surface area contributed by atoms with Crippen molar-refractivity contribution in [3.8, 4) is 0 Å². The van der Waals surface area contributed by atoms with Gasteiger partial charge in [0.15, 0.2) is 5.66 Å². The molecule has 3 rings (SSSR count). The van der Waals surface area contributed by atoms with Crippen LogP contribution in [0.3, 0.4) is 0 Å². The minimum absolute atomic E-state index is 0.221. The Morgan fingerprint density at radius 2 is 1.34 bits per heavy atom. The van der Waals surface area contributed by atoms with Crippen LogP contribution >= 0.6 is 7.60 Å². The average molecular weight is 508 g/mol. The van der Waals surface area contributed by atoms with Crippen LogP contribution in [-0.4, -0.2) is 23.7 Å². The smallest absolute Gasteiger partial charge is 0.304 e. The van der Waals surface area contributed by atoms with Crippen molar-refractivity contribution in [3.63, 3.8) is 0 Å². The Morgan fingerprint density at radius 1 is 0.886 bits per heavy atom. The van der Waals surface area contributed by atoms with Gasteiger partial charge < -0.3 is 9.05 Å². The highest BCUT2D eigenvalue weighted by atomic mass is 31.2. The molecule has 2 fully saturated rings. The molecular weight excluding hydrogens is 461 g/mol. The molecule has 0 aromatic heterocycles. The lowest BCUT2D eigenvalue weighted by Gasteiger charge is -2.43. The topological polar surface area (TPSA) is 78.7 Å². The standard InChI is InChI=1S/C28H46NO5P/c1-19(2)24-14-12-21(5)16-26(24)33-35(32,28(18-29(30)31)23-10-8-7-9-11-23)34-27-17-22(6)13-15-25(27)20(3)4/h7-11,19-22,24-28H,12-18H2,1-6H3/t21-,22-,24-,25-,26-,27-,28+/m1/s1. The van der Waals surface area contributed by atoms with Gasteiger partial charge in [0.05, 0.1) is 12.2 Å². The van der Waals surface area contributed by atoms with Crippen molar-refractivity contribution in [2.45, 2.75) is 97.9 Å². The molecule has 0 saturated heterocycles. The molecule has 0 amide bonds. The molecule has 0 unspecified atom stereocenters. The van der Waals surface area contributed by atoms with Crippen molar-refractivity contribution in [2.75, 3.05) is 6.54 Å². The summed E-state index contributed by atoms with van der Waals surface area (Å²) in [6.07, 6.45) is 5.46. The van der Waals surface area contributed by atoms with Gasteiger partial charge in [0.2, 0.25) is 6.54 Å². The number of hydrogen-bond donors (Lipinski definition) is 0. The van der Waals surface area contributed by atoms with Gasteiger partial charge in [0.1, 0.15) is 0 Å². The molecule has 0 heterocycles. The summed E-state index contributed by atoms with van der Waals surface area (Å²) in [5.74, 6) is 2.22. The summed E-state index contributed by atoms with van der Waals surface area (Å²) in [6, 6.07) is 9.19. The molecule has 0 bridgehead atoms. The monoisotopic (exact) mass is 507 g/mol. The Balaban J connectivity index is 2.03. The van der Waals surface area contributed by atoms with E-state index in [0.717, 1.165) is 38.5 Å². The summed E-state index contributed by atoms with van der Waals surface area (Å²) in [5.41, 5.74) is -0.267. The summed E-state index contributed by atoms with van der Waals surface area (Å²) in [7, 11) is -3.89. The zero-order chi connectivity index (χ0) is 25.8. The van der Waals surface area contributed by atoms with Crippen LogP contribution in [0.4, 0.5) is 0 Å². The summed E-state index contributed by atoms with van der Waals surface area (Å²) < 4.78 is 28.3. The molecule has 2 saturated carbocycles. The highest BCUT2D eigenvalue weighted by Crippen LogP contribution is 2.65. The lowest BCUT2D eigenvalue weighted by atomic mass is 9.75. The molecule has 7 heteroatoms. The summed E-state index contributed by atoms with van der Waals surface area (Å²) in [4.78, 5) is 11.5. The first-order valence-corrected chi connectivity index (χ1v) is 15.2. The van der Waals surface area contributed by atoms with Crippen LogP contribution in [0.25, 0.3) is 0 Å². The average Bonchev–Trinajstić information content (AvgIpc) is 2.77. The SMILES string of the molecule is CC(C)[C@H]1CC[C@@H](C)C[C@H]1OP(=O)(O[C@@H]1C[C@H](C)CC[C@@H]1C(C)C)[C@@H](C[N+](=O)[O-])c1ccccc1. The van der Waals surface area contributed by atoms with Gasteiger partial charge >= 0.3 is 7.60 Å². The molecule has 0 N–H and O–H groups in total. The van der Waals surface area contributed by atoms with Gasteiger partial charge in [-0.25, -0.2) is 0 Å². The minimum Gasteiger partial charge on any atom is -0.304 e. The minimum atomic E-state index is -3.89. The van der Waals surface area contributed by atoms with Crippen molar-refractivity contribution < 1.29 is 18.5 Å². The highest BCUT2D eigenvalue weighted by Gasteiger charge is 2.48. The Bertz CT molecular complexity index is 822. The van der Waals surface area contributed by atoms with Crippen LogP contribution in [-0.2, 0) is 13.6 Å². The normalized spacial score (nSPS) is 31.0. The Labute approximate surface area is 212 Å². The predicted octanol–water partition coefficient (Wildman–Crippen LogP) is 8.15. The molecule has 0 spiro atoms. The van der Waals surface area contributed by atoms with E-state index in [9.17, 15) is 14.7 Å². The molecule has 0 aliphatic heterocycles. The van der Waals surface area contributed by atoms with Crippen LogP contribution in [0.15, 0.2) is 30.3 Å². The van der Waals surface area contributed by atoms with E-state index in [1.807, 2.05) is 30.3 Å². The Kier molecular flexibility index (Phi) is 9.99. The number of benzene rings is 1. The van der Waals surface area contributed by atoms with Crippen molar-refractivity contribution >= 4 is 7.60 Å². The second-order valence-corrected chi connectivity index (χ2v) is 14.0. The van der Waals surface area contributed by atoms with Crippen molar-refractivity contribution in [2.24, 2.45) is 35.5 Å². The lowest BCUT2D eigenvalue weighted by molar-refractivity contribution is -0.480. The summed E-state index contributed by atoms with van der Waals surface area (Å²) >= 11 is 0. The molecule has 2 aliphatic carbocycles. The van der Waals surface area contributed by atoms with Crippen LogP contribution in [0, 0.1) is 45.6 Å². The number of rotatable bonds is 10. The summed E-state index contributed by atoms with van der Waals surface area (Å²) in [5, 5.41) is 11.8. The van der Waals surface area contributed by atoms with Crippen molar-refractivity contribution in [1.29, 1.82) is 0 Å². The van der Waals surface area contributed by atoms with E-state index in [2.05, 4.69) is 41.5 Å². The number of hydrogen-bond acceptors (Lipinski definition) is 5. The van der Waals surface area contributed by atoms with Gasteiger partial charge in [-0.2, -0.15) is 0 Å². The molecule has 2 aliphatic rings. The predicted molar refractivity (Wildman–Crippen MR) is 141 cm³/mol. The third-order valence-electron chi connectivity index (χ3n) is 8.38. The molecule has 6 nitrogen and oxygen atoms in total. The maximum absolute atomic E-state index is 15.0. The fraction of sp³-hybridized carbons (Fsp3) is 0.786. The molecule has 198 valence electrons. The molecule has 0 radical (unpaired) electrons. The first-order valence-electron chi connectivity index (χ1n) is 13.6. The van der Waals surface area contributed by atoms with Gasteiger partial charge in [-0.1, -0.05) is 84.7 Å². The third kappa shape index (κ3) is 7.40. The van der Waals surface area contributed by atoms with Crippen LogP contribution in [0.5, 0.6) is 0 Å². The van der Waals surface area contributed by atoms with Crippen LogP contribution < -0.4 is 0 Å². The van der Waals surface area contributed by atoms with E-state index in [0.29, 0.717) is 29.2 Å². The van der Waals surface area contributed by atoms with Gasteiger partial charge in [-0.05, 0) is 66.8 Å². The zero-order valence-electron chi connectivity index (χ0n) is 22.5. The van der Waals surface area contributed by atoms with E-state index >= 15 is 0 Å². The molecule has 7 atom stereocenters.